The van der Waals surface area contributed by atoms with Crippen molar-refractivity contribution in [3.05, 3.63) is 101 Å². The molecule has 2 N–H and O–H groups in total. The number of hydrogen-bond donors (Lipinski definition) is 1. The van der Waals surface area contributed by atoms with Crippen molar-refractivity contribution >= 4 is 0 Å². The number of alkyl halides is 9. The van der Waals surface area contributed by atoms with Crippen LogP contribution in [0.2, 0.25) is 0 Å². The molecule has 0 aliphatic rings. The first-order valence-electron chi connectivity index (χ1n) is 13.8. The van der Waals surface area contributed by atoms with E-state index in [2.05, 4.69) is 22.0 Å². The summed E-state index contributed by atoms with van der Waals surface area (Å²) in [4.78, 5) is 3.05. The second kappa shape index (κ2) is 14.5. The van der Waals surface area contributed by atoms with Gasteiger partial charge < -0.3 is 4.90 Å². The van der Waals surface area contributed by atoms with E-state index in [-0.39, 0.29) is 17.5 Å². The number of hydrogen-bond acceptors (Lipinski definition) is 6. The van der Waals surface area contributed by atoms with Gasteiger partial charge in [0.1, 0.15) is 5.82 Å². The Morgan fingerprint density at radius 1 is 0.913 bits per heavy atom. The van der Waals surface area contributed by atoms with E-state index in [0.29, 0.717) is 37.2 Å². The van der Waals surface area contributed by atoms with Gasteiger partial charge in [0.2, 0.25) is 0 Å². The number of halogens is 9. The predicted molar refractivity (Wildman–Crippen MR) is 151 cm³/mol. The number of aromatic nitrogens is 2. The van der Waals surface area contributed by atoms with Crippen LogP contribution in [0.25, 0.3) is 0 Å². The van der Waals surface area contributed by atoms with Crippen LogP contribution >= 0.6 is 0 Å². The molecule has 0 spiro atoms. The number of nitrogens with two attached hydrogens (primary N) is 1. The maximum absolute atomic E-state index is 13.9. The highest BCUT2D eigenvalue weighted by Gasteiger charge is 2.37. The second-order valence-electron chi connectivity index (χ2n) is 10.5. The highest BCUT2D eigenvalue weighted by Crippen LogP contribution is 2.38. The average Bonchev–Trinajstić information content (AvgIpc) is 3.47. The number of rotatable bonds is 13. The van der Waals surface area contributed by atoms with Crippen LogP contribution in [0.3, 0.4) is 0 Å². The first-order valence-corrected chi connectivity index (χ1v) is 13.8. The predicted octanol–water partition coefficient (Wildman–Crippen LogP) is 7.67. The van der Waals surface area contributed by atoms with Crippen LogP contribution in [0, 0.1) is 0 Å². The van der Waals surface area contributed by atoms with E-state index in [1.165, 1.54) is 13.1 Å². The molecule has 3 rings (SSSR count). The molecule has 0 radical (unpaired) electrons. The Bertz CT molecular complexity index is 1450. The molecular weight excluding hydrogens is 631 g/mol. The summed E-state index contributed by atoms with van der Waals surface area (Å²) in [6.07, 6.45) is -11.1. The third-order valence-electron chi connectivity index (χ3n) is 7.04. The Hall–Kier alpha value is -4.12. The molecule has 8 nitrogen and oxygen atoms in total. The number of benzene rings is 2. The van der Waals surface area contributed by atoms with Crippen molar-refractivity contribution in [1.29, 1.82) is 0 Å². The van der Waals surface area contributed by atoms with E-state index in [1.54, 1.807) is 30.2 Å². The van der Waals surface area contributed by atoms with Gasteiger partial charge >= 0.3 is 18.5 Å². The zero-order valence-corrected chi connectivity index (χ0v) is 25.1. The van der Waals surface area contributed by atoms with Crippen molar-refractivity contribution in [2.24, 2.45) is 16.2 Å². The lowest BCUT2D eigenvalue weighted by Crippen LogP contribution is -2.30. The van der Waals surface area contributed by atoms with Gasteiger partial charge in [0.25, 0.3) is 0 Å². The topological polar surface area (TPSA) is 78.3 Å². The van der Waals surface area contributed by atoms with E-state index in [4.69, 9.17) is 5.84 Å². The fraction of sp³-hybridized carbons (Fsp3) is 0.414. The summed E-state index contributed by atoms with van der Waals surface area (Å²) >= 11 is 0. The van der Waals surface area contributed by atoms with Gasteiger partial charge in [0, 0.05) is 45.1 Å². The fourth-order valence-electron chi connectivity index (χ4n) is 4.82. The smallest absolute Gasteiger partial charge is 0.347 e. The van der Waals surface area contributed by atoms with E-state index in [0.717, 1.165) is 22.2 Å². The molecule has 46 heavy (non-hydrogen) atoms. The van der Waals surface area contributed by atoms with Gasteiger partial charge in [-0.2, -0.15) is 44.6 Å². The van der Waals surface area contributed by atoms with E-state index < -0.39 is 59.9 Å². The van der Waals surface area contributed by atoms with Crippen LogP contribution in [0.4, 0.5) is 39.5 Å². The van der Waals surface area contributed by atoms with Crippen LogP contribution in [0.5, 0.6) is 0 Å². The number of nitrogens with zero attached hydrogens (tertiary/aromatic N) is 7. The maximum atomic E-state index is 13.9. The zero-order chi connectivity index (χ0) is 34.4. The molecule has 0 saturated heterocycles. The van der Waals surface area contributed by atoms with Crippen molar-refractivity contribution in [3.63, 3.8) is 0 Å². The standard InChI is InChI=1S/C29H33F9N8/c1-5-26(43(3)11-12-46-10-6-9-40-46)25-8-7-22(27(30,31)32)15-21(25)18-45(19(2)41-42-44(4)39)17-20-13-23(28(33,34)35)16-24(14-20)29(36,37)38/h6-10,13-16,26H,2,5,11-12,17-18,39H2,1,3-4H3. The molecule has 1 heterocycles. The van der Waals surface area contributed by atoms with Crippen LogP contribution in [-0.2, 0) is 38.2 Å². The molecule has 17 heteroatoms. The Kier molecular flexibility index (Phi) is 11.5. The Labute approximate surface area is 259 Å². The first kappa shape index (κ1) is 36.3. The van der Waals surface area contributed by atoms with E-state index >= 15 is 0 Å². The highest BCUT2D eigenvalue weighted by atomic mass is 19.4. The Balaban J connectivity index is 2.11. The minimum Gasteiger partial charge on any atom is -0.347 e. The van der Waals surface area contributed by atoms with Crippen molar-refractivity contribution < 1.29 is 39.5 Å². The van der Waals surface area contributed by atoms with Crippen LogP contribution in [0.1, 0.15) is 52.8 Å². The third-order valence-corrected chi connectivity index (χ3v) is 7.04. The Morgan fingerprint density at radius 3 is 2.02 bits per heavy atom. The molecule has 0 aliphatic carbocycles. The summed E-state index contributed by atoms with van der Waals surface area (Å²) < 4.78 is 125. The summed E-state index contributed by atoms with van der Waals surface area (Å²) in [6, 6.07) is 5.52. The largest absolute Gasteiger partial charge is 0.416 e. The summed E-state index contributed by atoms with van der Waals surface area (Å²) in [5.41, 5.74) is -3.95. The van der Waals surface area contributed by atoms with E-state index in [1.807, 2.05) is 11.8 Å². The van der Waals surface area contributed by atoms with Gasteiger partial charge in [-0.15, -0.1) is 5.11 Å². The Morgan fingerprint density at radius 2 is 1.52 bits per heavy atom. The van der Waals surface area contributed by atoms with Gasteiger partial charge in [-0.25, -0.2) is 11.0 Å². The van der Waals surface area contributed by atoms with Crippen LogP contribution in [0.15, 0.2) is 77.6 Å². The third kappa shape index (κ3) is 9.94. The molecule has 3 aromatic rings. The minimum atomic E-state index is -5.11. The molecule has 1 atom stereocenters. The molecular formula is C29H33F9N8. The van der Waals surface area contributed by atoms with Crippen molar-refractivity contribution in [2.75, 3.05) is 20.6 Å². The van der Waals surface area contributed by atoms with E-state index in [9.17, 15) is 39.5 Å². The summed E-state index contributed by atoms with van der Waals surface area (Å²) in [6.45, 7) is 5.42. The zero-order valence-electron chi connectivity index (χ0n) is 25.1. The first-order chi connectivity index (χ1) is 21.3. The molecule has 1 unspecified atom stereocenters. The van der Waals surface area contributed by atoms with Crippen LogP contribution < -0.4 is 5.84 Å². The van der Waals surface area contributed by atoms with Gasteiger partial charge in [-0.05, 0) is 66.6 Å². The second-order valence-corrected chi connectivity index (χ2v) is 10.5. The molecule has 0 aliphatic heterocycles. The normalized spacial score (nSPS) is 13.4. The number of likely N-dealkylation sites (N-methyl/N-ethyl adjacent to an activating group) is 1. The molecule has 2 aromatic carbocycles. The SMILES string of the molecule is C=C(N=NN(C)N)N(Cc1cc(C(F)(F)F)cc(C(F)(F)F)c1)Cc1cc(C(F)(F)F)ccc1C(CC)N(C)CCn1cccn1. The fourth-order valence-corrected chi connectivity index (χ4v) is 4.82. The molecule has 0 saturated carbocycles. The van der Waals surface area contributed by atoms with Gasteiger partial charge in [-0.3, -0.25) is 9.58 Å². The minimum absolute atomic E-state index is 0.0123. The van der Waals surface area contributed by atoms with Crippen molar-refractivity contribution in [2.45, 2.75) is 57.5 Å². The lowest BCUT2D eigenvalue weighted by molar-refractivity contribution is -0.143. The van der Waals surface area contributed by atoms with Crippen molar-refractivity contribution in [3.8, 4) is 0 Å². The molecule has 1 aromatic heterocycles. The maximum Gasteiger partial charge on any atom is 0.416 e. The molecule has 252 valence electrons. The lowest BCUT2D eigenvalue weighted by atomic mass is 9.94. The van der Waals surface area contributed by atoms with Gasteiger partial charge in [-0.1, -0.05) is 24.8 Å². The molecule has 0 bridgehead atoms. The summed E-state index contributed by atoms with van der Waals surface area (Å²) in [5, 5.41) is 12.3. The highest BCUT2D eigenvalue weighted by molar-refractivity contribution is 5.37. The van der Waals surface area contributed by atoms with Gasteiger partial charge in [0.05, 0.1) is 23.2 Å². The van der Waals surface area contributed by atoms with Crippen molar-refractivity contribution in [1.82, 2.24) is 24.7 Å². The summed E-state index contributed by atoms with van der Waals surface area (Å²) in [5.74, 6) is 5.18. The molecule has 0 fully saturated rings. The van der Waals surface area contributed by atoms with Gasteiger partial charge in [0.15, 0.2) is 0 Å². The quantitative estimate of drug-likeness (QED) is 0.0879. The average molecular weight is 665 g/mol. The van der Waals surface area contributed by atoms with Crippen LogP contribution in [-0.4, -0.2) is 45.3 Å². The monoisotopic (exact) mass is 664 g/mol. The summed E-state index contributed by atoms with van der Waals surface area (Å²) in [7, 11) is 3.07. The molecule has 0 amide bonds. The number of hydrazine groups is 1. The lowest BCUT2D eigenvalue weighted by Gasteiger charge is -2.32.